The number of amides is 1. The van der Waals surface area contributed by atoms with E-state index in [2.05, 4.69) is 37.2 Å². The summed E-state index contributed by atoms with van der Waals surface area (Å²) in [5.74, 6) is 0.962. The molecule has 0 aliphatic carbocycles. The van der Waals surface area contributed by atoms with Gasteiger partial charge in [-0.15, -0.1) is 0 Å². The van der Waals surface area contributed by atoms with Gasteiger partial charge in [0.05, 0.1) is 25.5 Å². The zero-order valence-corrected chi connectivity index (χ0v) is 14.6. The Morgan fingerprint density at radius 2 is 1.81 bits per heavy atom. The molecule has 0 saturated carbocycles. The maximum atomic E-state index is 12.4. The van der Waals surface area contributed by atoms with Gasteiger partial charge >= 0.3 is 0 Å². The van der Waals surface area contributed by atoms with Crippen molar-refractivity contribution in [3.63, 3.8) is 0 Å². The van der Waals surface area contributed by atoms with Gasteiger partial charge in [-0.2, -0.15) is 0 Å². The number of carbonyl (C=O) groups is 1. The van der Waals surface area contributed by atoms with Crippen LogP contribution >= 0.6 is 31.9 Å². The van der Waals surface area contributed by atoms with E-state index in [1.165, 1.54) is 0 Å². The first-order valence-electron chi connectivity index (χ1n) is 6.03. The van der Waals surface area contributed by atoms with Gasteiger partial charge in [-0.25, -0.2) is 0 Å². The molecule has 2 rings (SSSR count). The summed E-state index contributed by atoms with van der Waals surface area (Å²) in [4.78, 5) is 12.4. The molecule has 1 amide bonds. The molecule has 0 saturated heterocycles. The van der Waals surface area contributed by atoms with Crippen molar-refractivity contribution in [1.29, 1.82) is 0 Å². The van der Waals surface area contributed by atoms with Crippen molar-refractivity contribution < 1.29 is 14.3 Å². The van der Waals surface area contributed by atoms with Crippen molar-refractivity contribution in [2.75, 3.05) is 19.5 Å². The fourth-order valence-corrected chi connectivity index (χ4v) is 2.56. The van der Waals surface area contributed by atoms with Gasteiger partial charge in [-0.3, -0.25) is 4.79 Å². The zero-order valence-electron chi connectivity index (χ0n) is 11.4. The van der Waals surface area contributed by atoms with Crippen LogP contribution in [0.4, 0.5) is 5.69 Å². The van der Waals surface area contributed by atoms with Crippen molar-refractivity contribution in [2.24, 2.45) is 0 Å². The molecule has 0 spiro atoms. The number of hydrogen-bond donors (Lipinski definition) is 1. The molecular formula is C15H13Br2NO3. The van der Waals surface area contributed by atoms with E-state index >= 15 is 0 Å². The quantitative estimate of drug-likeness (QED) is 0.802. The fraction of sp³-hybridized carbons (Fsp3) is 0.133. The zero-order chi connectivity index (χ0) is 15.4. The standard InChI is InChI=1S/C15H13Br2NO3/c1-20-10-4-6-14(21-2)13(8-10)18-15(19)11-7-9(16)3-5-12(11)17/h3-8H,1-2H3,(H,18,19). The van der Waals surface area contributed by atoms with Crippen LogP contribution in [0.3, 0.4) is 0 Å². The molecule has 2 aromatic rings. The topological polar surface area (TPSA) is 47.6 Å². The number of anilines is 1. The van der Waals surface area contributed by atoms with Crippen LogP contribution in [0.2, 0.25) is 0 Å². The lowest BCUT2D eigenvalue weighted by Crippen LogP contribution is -2.13. The lowest BCUT2D eigenvalue weighted by atomic mass is 10.2. The number of methoxy groups -OCH3 is 2. The molecule has 2 aromatic carbocycles. The van der Waals surface area contributed by atoms with Crippen LogP contribution in [0.15, 0.2) is 45.3 Å². The van der Waals surface area contributed by atoms with Crippen molar-refractivity contribution in [1.82, 2.24) is 0 Å². The molecule has 0 bridgehead atoms. The molecule has 110 valence electrons. The van der Waals surface area contributed by atoms with Gasteiger partial charge < -0.3 is 14.8 Å². The molecule has 0 aliphatic rings. The molecule has 0 aliphatic heterocycles. The number of hydrogen-bond acceptors (Lipinski definition) is 3. The third-order valence-corrected chi connectivity index (χ3v) is 4.01. The highest BCUT2D eigenvalue weighted by molar-refractivity contribution is 9.11. The highest BCUT2D eigenvalue weighted by atomic mass is 79.9. The highest BCUT2D eigenvalue weighted by Crippen LogP contribution is 2.30. The summed E-state index contributed by atoms with van der Waals surface area (Å²) in [6, 6.07) is 10.6. The molecule has 0 unspecified atom stereocenters. The molecule has 0 fully saturated rings. The first-order valence-corrected chi connectivity index (χ1v) is 7.62. The Hall–Kier alpha value is -1.53. The van der Waals surface area contributed by atoms with Gasteiger partial charge in [0.1, 0.15) is 11.5 Å². The molecule has 0 atom stereocenters. The molecule has 21 heavy (non-hydrogen) atoms. The number of nitrogens with one attached hydrogen (secondary N) is 1. The number of benzene rings is 2. The van der Waals surface area contributed by atoms with E-state index in [0.717, 1.165) is 4.47 Å². The summed E-state index contributed by atoms with van der Waals surface area (Å²) in [5, 5.41) is 2.83. The lowest BCUT2D eigenvalue weighted by molar-refractivity contribution is 0.102. The predicted molar refractivity (Wildman–Crippen MR) is 89.3 cm³/mol. The van der Waals surface area contributed by atoms with Gasteiger partial charge in [-0.1, -0.05) is 15.9 Å². The van der Waals surface area contributed by atoms with Gasteiger partial charge in [0.15, 0.2) is 0 Å². The van der Waals surface area contributed by atoms with Crippen LogP contribution in [0.25, 0.3) is 0 Å². The summed E-state index contributed by atoms with van der Waals surface area (Å²) < 4.78 is 11.9. The van der Waals surface area contributed by atoms with Crippen LogP contribution < -0.4 is 14.8 Å². The van der Waals surface area contributed by atoms with Gasteiger partial charge in [0, 0.05) is 15.0 Å². The van der Waals surface area contributed by atoms with Crippen molar-refractivity contribution in [3.05, 3.63) is 50.9 Å². The van der Waals surface area contributed by atoms with E-state index < -0.39 is 0 Å². The van der Waals surface area contributed by atoms with E-state index in [4.69, 9.17) is 9.47 Å². The van der Waals surface area contributed by atoms with Crippen molar-refractivity contribution in [3.8, 4) is 11.5 Å². The molecular weight excluding hydrogens is 402 g/mol. The van der Waals surface area contributed by atoms with Crippen LogP contribution in [0, 0.1) is 0 Å². The summed E-state index contributed by atoms with van der Waals surface area (Å²) in [6.07, 6.45) is 0. The van der Waals surface area contributed by atoms with Gasteiger partial charge in [-0.05, 0) is 46.3 Å². The second-order valence-corrected chi connectivity index (χ2v) is 5.91. The van der Waals surface area contributed by atoms with Crippen LogP contribution in [0.5, 0.6) is 11.5 Å². The number of rotatable bonds is 4. The Morgan fingerprint density at radius 1 is 1.05 bits per heavy atom. The number of ether oxygens (including phenoxy) is 2. The van der Waals surface area contributed by atoms with Crippen LogP contribution in [0.1, 0.15) is 10.4 Å². The second kappa shape index (κ2) is 6.95. The smallest absolute Gasteiger partial charge is 0.256 e. The number of halogens is 2. The van der Waals surface area contributed by atoms with E-state index in [1.54, 1.807) is 38.5 Å². The maximum absolute atomic E-state index is 12.4. The van der Waals surface area contributed by atoms with Gasteiger partial charge in [0.2, 0.25) is 0 Å². The first-order chi connectivity index (χ1) is 10.0. The largest absolute Gasteiger partial charge is 0.497 e. The minimum atomic E-state index is -0.241. The van der Waals surface area contributed by atoms with Crippen LogP contribution in [-0.4, -0.2) is 20.1 Å². The normalized spacial score (nSPS) is 10.1. The minimum Gasteiger partial charge on any atom is -0.497 e. The van der Waals surface area contributed by atoms with Crippen molar-refractivity contribution in [2.45, 2.75) is 0 Å². The molecule has 0 heterocycles. The van der Waals surface area contributed by atoms with E-state index in [0.29, 0.717) is 27.2 Å². The third-order valence-electron chi connectivity index (χ3n) is 2.83. The lowest BCUT2D eigenvalue weighted by Gasteiger charge is -2.12. The summed E-state index contributed by atoms with van der Waals surface area (Å²) in [6.45, 7) is 0. The summed E-state index contributed by atoms with van der Waals surface area (Å²) in [5.41, 5.74) is 1.07. The summed E-state index contributed by atoms with van der Waals surface area (Å²) in [7, 11) is 3.12. The Bertz CT molecular complexity index is 674. The number of carbonyl (C=O) groups excluding carboxylic acids is 1. The maximum Gasteiger partial charge on any atom is 0.256 e. The molecule has 0 radical (unpaired) electrons. The monoisotopic (exact) mass is 413 g/mol. The molecule has 1 N–H and O–H groups in total. The molecule has 0 aromatic heterocycles. The van der Waals surface area contributed by atoms with Gasteiger partial charge in [0.25, 0.3) is 5.91 Å². The molecule has 6 heteroatoms. The summed E-state index contributed by atoms with van der Waals surface area (Å²) >= 11 is 6.73. The average molecular weight is 415 g/mol. The Kier molecular flexibility index (Phi) is 5.25. The Morgan fingerprint density at radius 3 is 2.48 bits per heavy atom. The minimum absolute atomic E-state index is 0.241. The Labute approximate surface area is 139 Å². The molecule has 4 nitrogen and oxygen atoms in total. The van der Waals surface area contributed by atoms with E-state index in [-0.39, 0.29) is 5.91 Å². The highest BCUT2D eigenvalue weighted by Gasteiger charge is 2.14. The third kappa shape index (κ3) is 3.77. The van der Waals surface area contributed by atoms with Crippen LogP contribution in [-0.2, 0) is 0 Å². The second-order valence-electron chi connectivity index (χ2n) is 4.14. The average Bonchev–Trinajstić information content (AvgIpc) is 2.49. The van der Waals surface area contributed by atoms with E-state index in [1.807, 2.05) is 12.1 Å². The predicted octanol–water partition coefficient (Wildman–Crippen LogP) is 4.48. The van der Waals surface area contributed by atoms with Crippen molar-refractivity contribution >= 4 is 43.5 Å². The fourth-order valence-electron chi connectivity index (χ4n) is 1.77. The van der Waals surface area contributed by atoms with E-state index in [9.17, 15) is 4.79 Å². The Balaban J connectivity index is 2.32. The first kappa shape index (κ1) is 15.9. The SMILES string of the molecule is COc1ccc(OC)c(NC(=O)c2cc(Br)ccc2Br)c1.